The van der Waals surface area contributed by atoms with Crippen molar-refractivity contribution in [3.8, 4) is 5.75 Å². The lowest BCUT2D eigenvalue weighted by Crippen LogP contribution is -2.42. The zero-order valence-corrected chi connectivity index (χ0v) is 12.8. The average molecular weight is 327 g/mol. The van der Waals surface area contributed by atoms with E-state index in [9.17, 15) is 4.79 Å². The fourth-order valence-electron chi connectivity index (χ4n) is 2.71. The number of nitrogens with two attached hydrogens (primary N) is 1. The molecule has 0 heterocycles. The van der Waals surface area contributed by atoms with Gasteiger partial charge in [-0.15, -0.1) is 0 Å². The normalized spacial score (nSPS) is 16.6. The van der Waals surface area contributed by atoms with E-state index in [1.807, 2.05) is 12.1 Å². The van der Waals surface area contributed by atoms with Gasteiger partial charge in [-0.05, 0) is 25.0 Å². The lowest BCUT2D eigenvalue weighted by Gasteiger charge is -2.43. The minimum Gasteiger partial charge on any atom is -0.495 e. The van der Waals surface area contributed by atoms with Gasteiger partial charge in [-0.1, -0.05) is 22.4 Å². The highest BCUT2D eigenvalue weighted by Gasteiger charge is 2.41. The first-order valence-electron chi connectivity index (χ1n) is 6.39. The third-order valence-electron chi connectivity index (χ3n) is 3.87. The summed E-state index contributed by atoms with van der Waals surface area (Å²) in [6.07, 6.45) is 3.25. The summed E-state index contributed by atoms with van der Waals surface area (Å²) in [7, 11) is 1.61. The van der Waals surface area contributed by atoms with Gasteiger partial charge in [0.05, 0.1) is 12.8 Å². The number of anilines is 1. The van der Waals surface area contributed by atoms with Crippen LogP contribution in [0.25, 0.3) is 0 Å². The van der Waals surface area contributed by atoms with E-state index in [0.29, 0.717) is 12.3 Å². The van der Waals surface area contributed by atoms with Crippen LogP contribution in [-0.4, -0.2) is 19.6 Å². The molecule has 1 aromatic rings. The Bertz CT molecular complexity index is 493. The number of hydrogen-bond acceptors (Lipinski definition) is 3. The number of carbonyl (C=O) groups is 1. The fourth-order valence-corrected chi connectivity index (χ4v) is 3.46. The number of ether oxygens (including phenoxy) is 1. The smallest absolute Gasteiger partial charge is 0.221 e. The molecular formula is C14H19BrN2O2. The second-order valence-corrected chi connectivity index (χ2v) is 5.87. The highest BCUT2D eigenvalue weighted by Crippen LogP contribution is 2.50. The zero-order chi connectivity index (χ0) is 14.0. The summed E-state index contributed by atoms with van der Waals surface area (Å²) in [5.41, 5.74) is 7.75. The number of rotatable bonds is 4. The molecule has 0 radical (unpaired) electrons. The van der Waals surface area contributed by atoms with Crippen LogP contribution in [0.4, 0.5) is 5.69 Å². The number of nitrogens with one attached hydrogen (secondary N) is 1. The highest BCUT2D eigenvalue weighted by atomic mass is 79.9. The maximum Gasteiger partial charge on any atom is 0.221 e. The van der Waals surface area contributed by atoms with E-state index in [1.165, 1.54) is 13.3 Å². The Balaban J connectivity index is 2.59. The van der Waals surface area contributed by atoms with Crippen LogP contribution in [0.15, 0.2) is 16.6 Å². The third-order valence-corrected chi connectivity index (χ3v) is 4.53. The van der Waals surface area contributed by atoms with Crippen LogP contribution < -0.4 is 15.8 Å². The van der Waals surface area contributed by atoms with Gasteiger partial charge < -0.3 is 15.8 Å². The van der Waals surface area contributed by atoms with Crippen molar-refractivity contribution in [2.24, 2.45) is 5.73 Å². The van der Waals surface area contributed by atoms with Crippen molar-refractivity contribution in [2.75, 3.05) is 19.0 Å². The van der Waals surface area contributed by atoms with Crippen molar-refractivity contribution in [3.05, 3.63) is 22.2 Å². The first-order valence-corrected chi connectivity index (χ1v) is 7.18. The summed E-state index contributed by atoms with van der Waals surface area (Å²) >= 11 is 3.59. The van der Waals surface area contributed by atoms with Crippen LogP contribution in [0.2, 0.25) is 0 Å². The first-order chi connectivity index (χ1) is 9.04. The van der Waals surface area contributed by atoms with E-state index in [0.717, 1.165) is 28.6 Å². The van der Waals surface area contributed by atoms with Crippen molar-refractivity contribution in [1.82, 2.24) is 0 Å². The third kappa shape index (κ3) is 2.49. The Morgan fingerprint density at radius 3 is 2.63 bits per heavy atom. The van der Waals surface area contributed by atoms with Gasteiger partial charge in [0.25, 0.3) is 0 Å². The molecule has 1 fully saturated rings. The van der Waals surface area contributed by atoms with Crippen LogP contribution in [0, 0.1) is 0 Å². The molecule has 0 bridgehead atoms. The number of hydrogen-bond donors (Lipinski definition) is 2. The van der Waals surface area contributed by atoms with E-state index in [1.54, 1.807) is 7.11 Å². The Hall–Kier alpha value is -1.07. The molecule has 1 aliphatic rings. The molecule has 1 aliphatic carbocycles. The van der Waals surface area contributed by atoms with E-state index >= 15 is 0 Å². The van der Waals surface area contributed by atoms with Crippen LogP contribution in [0.1, 0.15) is 31.7 Å². The molecule has 3 N–H and O–H groups in total. The quantitative estimate of drug-likeness (QED) is 0.894. The summed E-state index contributed by atoms with van der Waals surface area (Å²) in [5.74, 6) is 0.567. The van der Waals surface area contributed by atoms with E-state index in [2.05, 4.69) is 21.2 Å². The fraction of sp³-hybridized carbons (Fsp3) is 0.500. The average Bonchev–Trinajstić information content (AvgIpc) is 2.31. The van der Waals surface area contributed by atoms with E-state index in [4.69, 9.17) is 10.5 Å². The topological polar surface area (TPSA) is 64.3 Å². The molecule has 104 valence electrons. The van der Waals surface area contributed by atoms with Crippen molar-refractivity contribution in [1.29, 1.82) is 0 Å². The molecule has 5 heteroatoms. The maximum absolute atomic E-state index is 11.5. The summed E-state index contributed by atoms with van der Waals surface area (Å²) in [6.45, 7) is 2.07. The Morgan fingerprint density at radius 1 is 1.53 bits per heavy atom. The lowest BCUT2D eigenvalue weighted by molar-refractivity contribution is -0.114. The SMILES string of the molecule is COc1ccc(Br)c(C2(CN)CCC2)c1NC(C)=O. The summed E-state index contributed by atoms with van der Waals surface area (Å²) in [6, 6.07) is 3.80. The van der Waals surface area contributed by atoms with Gasteiger partial charge in [0.2, 0.25) is 5.91 Å². The molecule has 19 heavy (non-hydrogen) atoms. The maximum atomic E-state index is 11.5. The van der Waals surface area contributed by atoms with E-state index in [-0.39, 0.29) is 11.3 Å². The molecule has 0 atom stereocenters. The molecular weight excluding hydrogens is 308 g/mol. The highest BCUT2D eigenvalue weighted by molar-refractivity contribution is 9.10. The molecule has 1 aromatic carbocycles. The Morgan fingerprint density at radius 2 is 2.21 bits per heavy atom. The molecule has 1 amide bonds. The molecule has 0 saturated heterocycles. The first kappa shape index (κ1) is 14.3. The van der Waals surface area contributed by atoms with Gasteiger partial charge in [-0.2, -0.15) is 0 Å². The van der Waals surface area contributed by atoms with Gasteiger partial charge in [0.1, 0.15) is 5.75 Å². The zero-order valence-electron chi connectivity index (χ0n) is 11.3. The van der Waals surface area contributed by atoms with Crippen LogP contribution in [0.5, 0.6) is 5.75 Å². The van der Waals surface area contributed by atoms with Crippen molar-refractivity contribution < 1.29 is 9.53 Å². The minimum atomic E-state index is -0.107. The van der Waals surface area contributed by atoms with Gasteiger partial charge in [0.15, 0.2) is 0 Å². The summed E-state index contributed by atoms with van der Waals surface area (Å²) in [5, 5.41) is 2.89. The standard InChI is InChI=1S/C14H19BrN2O2/c1-9(18)17-13-11(19-2)5-4-10(15)12(13)14(8-16)6-3-7-14/h4-5H,3,6-8,16H2,1-2H3,(H,17,18). The Kier molecular flexibility index (Phi) is 4.16. The molecule has 1 saturated carbocycles. The van der Waals surface area contributed by atoms with Crippen molar-refractivity contribution in [2.45, 2.75) is 31.6 Å². The second kappa shape index (κ2) is 5.51. The lowest BCUT2D eigenvalue weighted by atomic mass is 9.64. The number of methoxy groups -OCH3 is 1. The molecule has 4 nitrogen and oxygen atoms in total. The molecule has 2 rings (SSSR count). The van der Waals surface area contributed by atoms with Crippen LogP contribution >= 0.6 is 15.9 Å². The Labute approximate surface area is 121 Å². The number of benzene rings is 1. The van der Waals surface area contributed by atoms with E-state index < -0.39 is 0 Å². The van der Waals surface area contributed by atoms with Gasteiger partial charge in [0, 0.05) is 28.9 Å². The number of halogens is 1. The predicted molar refractivity (Wildman–Crippen MR) is 79.6 cm³/mol. The van der Waals surface area contributed by atoms with Crippen LogP contribution in [0.3, 0.4) is 0 Å². The van der Waals surface area contributed by atoms with Gasteiger partial charge >= 0.3 is 0 Å². The number of amides is 1. The summed E-state index contributed by atoms with van der Waals surface area (Å²) in [4.78, 5) is 11.5. The monoisotopic (exact) mass is 326 g/mol. The summed E-state index contributed by atoms with van der Waals surface area (Å²) < 4.78 is 6.35. The van der Waals surface area contributed by atoms with Crippen molar-refractivity contribution in [3.63, 3.8) is 0 Å². The molecule has 0 aliphatic heterocycles. The van der Waals surface area contributed by atoms with Crippen molar-refractivity contribution >= 4 is 27.5 Å². The predicted octanol–water partition coefficient (Wildman–Crippen LogP) is 2.80. The van der Waals surface area contributed by atoms with Gasteiger partial charge in [-0.25, -0.2) is 0 Å². The molecule has 0 unspecified atom stereocenters. The molecule has 0 aromatic heterocycles. The second-order valence-electron chi connectivity index (χ2n) is 5.02. The largest absolute Gasteiger partial charge is 0.495 e. The minimum absolute atomic E-state index is 0.0504. The molecule has 0 spiro atoms. The number of carbonyl (C=O) groups excluding carboxylic acids is 1. The van der Waals surface area contributed by atoms with Gasteiger partial charge in [-0.3, -0.25) is 4.79 Å². The van der Waals surface area contributed by atoms with Crippen LogP contribution in [-0.2, 0) is 10.2 Å².